The lowest BCUT2D eigenvalue weighted by Gasteiger charge is -2.31. The number of carbonyl (C=O) groups is 1. The lowest BCUT2D eigenvalue weighted by atomic mass is 10.0. The van der Waals surface area contributed by atoms with E-state index in [2.05, 4.69) is 5.32 Å². The molecule has 0 saturated carbocycles. The van der Waals surface area contributed by atoms with Crippen LogP contribution in [0.3, 0.4) is 0 Å². The van der Waals surface area contributed by atoms with Crippen LogP contribution in [-0.4, -0.2) is 62.8 Å². The van der Waals surface area contributed by atoms with Gasteiger partial charge in [-0.2, -0.15) is 4.31 Å². The zero-order chi connectivity index (χ0) is 22.6. The molecule has 0 aliphatic carbocycles. The van der Waals surface area contributed by atoms with Gasteiger partial charge >= 0.3 is 0 Å². The number of rotatable bonds is 7. The van der Waals surface area contributed by atoms with Gasteiger partial charge in [-0.25, -0.2) is 8.42 Å². The summed E-state index contributed by atoms with van der Waals surface area (Å²) in [5, 5.41) is 3.23. The third-order valence-corrected chi connectivity index (χ3v) is 7.99. The maximum atomic E-state index is 13.7. The van der Waals surface area contributed by atoms with Crippen LogP contribution in [-0.2, 0) is 14.8 Å². The lowest BCUT2D eigenvalue weighted by molar-refractivity contribution is -0.132. The zero-order valence-corrected chi connectivity index (χ0v) is 19.7. The summed E-state index contributed by atoms with van der Waals surface area (Å²) in [5.41, 5.74) is 3.73. The summed E-state index contributed by atoms with van der Waals surface area (Å²) in [4.78, 5) is 15.0. The molecule has 3 rings (SSSR count). The molecule has 2 aromatic rings. The second-order valence-corrected chi connectivity index (χ2v) is 10.3. The SMILES string of the molecule is Cc1cc(C)c(S(=O)(=O)N(CC(=O)N2CCNCC2)C[C@@H](C)c2ccccc2)cc1C. The minimum atomic E-state index is -3.84. The van der Waals surface area contributed by atoms with Crippen molar-refractivity contribution in [1.82, 2.24) is 14.5 Å². The summed E-state index contributed by atoms with van der Waals surface area (Å²) in [6.45, 7) is 10.5. The molecule has 0 spiro atoms. The van der Waals surface area contributed by atoms with E-state index in [4.69, 9.17) is 0 Å². The van der Waals surface area contributed by atoms with Crippen LogP contribution in [0.1, 0.15) is 35.1 Å². The van der Waals surface area contributed by atoms with E-state index in [1.165, 1.54) is 4.31 Å². The molecule has 7 heteroatoms. The highest BCUT2D eigenvalue weighted by Gasteiger charge is 2.31. The van der Waals surface area contributed by atoms with Crippen LogP contribution in [0.2, 0.25) is 0 Å². The first-order valence-corrected chi connectivity index (χ1v) is 12.3. The van der Waals surface area contributed by atoms with E-state index >= 15 is 0 Å². The third-order valence-electron chi connectivity index (χ3n) is 6.04. The quantitative estimate of drug-likeness (QED) is 0.714. The number of amides is 1. The van der Waals surface area contributed by atoms with Gasteiger partial charge in [0.2, 0.25) is 15.9 Å². The average molecular weight is 444 g/mol. The lowest BCUT2D eigenvalue weighted by Crippen LogP contribution is -2.50. The normalized spacial score (nSPS) is 15.8. The van der Waals surface area contributed by atoms with Gasteiger partial charge < -0.3 is 10.2 Å². The Morgan fingerprint density at radius 1 is 1.03 bits per heavy atom. The minimum absolute atomic E-state index is 0.0429. The fourth-order valence-corrected chi connectivity index (χ4v) is 5.73. The topological polar surface area (TPSA) is 69.7 Å². The highest BCUT2D eigenvalue weighted by Crippen LogP contribution is 2.26. The molecule has 1 aliphatic heterocycles. The van der Waals surface area contributed by atoms with E-state index in [1.54, 1.807) is 11.0 Å². The molecule has 0 bridgehead atoms. The van der Waals surface area contributed by atoms with Crippen LogP contribution < -0.4 is 5.32 Å². The maximum Gasteiger partial charge on any atom is 0.243 e. The van der Waals surface area contributed by atoms with Crippen LogP contribution in [0.25, 0.3) is 0 Å². The average Bonchev–Trinajstić information content (AvgIpc) is 2.76. The highest BCUT2D eigenvalue weighted by atomic mass is 32.2. The Morgan fingerprint density at radius 2 is 1.65 bits per heavy atom. The zero-order valence-electron chi connectivity index (χ0n) is 18.9. The van der Waals surface area contributed by atoms with E-state index in [0.717, 1.165) is 29.8 Å². The largest absolute Gasteiger partial charge is 0.339 e. The molecule has 2 aromatic carbocycles. The first kappa shape index (κ1) is 23.4. The van der Waals surface area contributed by atoms with Gasteiger partial charge in [-0.05, 0) is 55.0 Å². The van der Waals surface area contributed by atoms with Crippen LogP contribution >= 0.6 is 0 Å². The molecule has 0 radical (unpaired) electrons. The number of carbonyl (C=O) groups excluding carboxylic acids is 1. The first-order valence-electron chi connectivity index (χ1n) is 10.8. The van der Waals surface area contributed by atoms with Crippen LogP contribution in [0.15, 0.2) is 47.4 Å². The van der Waals surface area contributed by atoms with Crippen LogP contribution in [0.4, 0.5) is 0 Å². The fraction of sp³-hybridized carbons (Fsp3) is 0.458. The number of nitrogens with one attached hydrogen (secondary N) is 1. The monoisotopic (exact) mass is 443 g/mol. The van der Waals surface area contributed by atoms with Gasteiger partial charge in [0.15, 0.2) is 0 Å². The fourth-order valence-electron chi connectivity index (χ4n) is 3.96. The van der Waals surface area contributed by atoms with Gasteiger partial charge in [-0.1, -0.05) is 43.3 Å². The highest BCUT2D eigenvalue weighted by molar-refractivity contribution is 7.89. The molecule has 1 saturated heterocycles. The summed E-state index contributed by atoms with van der Waals surface area (Å²) < 4.78 is 28.9. The summed E-state index contributed by atoms with van der Waals surface area (Å²) in [5.74, 6) is -0.189. The Labute approximate surface area is 186 Å². The van der Waals surface area contributed by atoms with Gasteiger partial charge in [0.05, 0.1) is 11.4 Å². The summed E-state index contributed by atoms with van der Waals surface area (Å²) in [6.07, 6.45) is 0. The van der Waals surface area contributed by atoms with Crippen molar-refractivity contribution in [3.05, 3.63) is 64.7 Å². The Bertz CT molecular complexity index is 1020. The number of sulfonamides is 1. The number of benzene rings is 2. The van der Waals surface area contributed by atoms with Gasteiger partial charge in [-0.15, -0.1) is 0 Å². The standard InChI is InChI=1S/C24H33N3O3S/c1-18-14-20(3)23(15-19(18)2)31(29,30)27(16-21(4)22-8-6-5-7-9-22)17-24(28)26-12-10-25-11-13-26/h5-9,14-15,21,25H,10-13,16-17H2,1-4H3/t21-/m1/s1. The predicted molar refractivity (Wildman–Crippen MR) is 124 cm³/mol. The summed E-state index contributed by atoms with van der Waals surface area (Å²) >= 11 is 0. The molecule has 1 N–H and O–H groups in total. The van der Waals surface area contributed by atoms with Crippen LogP contribution in [0.5, 0.6) is 0 Å². The van der Waals surface area contributed by atoms with Crippen molar-refractivity contribution in [3.8, 4) is 0 Å². The number of nitrogens with zero attached hydrogens (tertiary/aromatic N) is 2. The van der Waals surface area contributed by atoms with Gasteiger partial charge in [0.25, 0.3) is 0 Å². The molecular formula is C24H33N3O3S. The molecule has 31 heavy (non-hydrogen) atoms. The van der Waals surface area contributed by atoms with Crippen molar-refractivity contribution >= 4 is 15.9 Å². The van der Waals surface area contributed by atoms with E-state index in [1.807, 2.05) is 64.1 Å². The second-order valence-electron chi connectivity index (χ2n) is 8.44. The van der Waals surface area contributed by atoms with Crippen LogP contribution in [0, 0.1) is 20.8 Å². The number of piperazine rings is 1. The molecular weight excluding hydrogens is 410 g/mol. The van der Waals surface area contributed by atoms with Crippen molar-refractivity contribution < 1.29 is 13.2 Å². The number of hydrogen-bond donors (Lipinski definition) is 1. The Hall–Kier alpha value is -2.22. The predicted octanol–water partition coefficient (Wildman–Crippen LogP) is 2.84. The third kappa shape index (κ3) is 5.53. The van der Waals surface area contributed by atoms with E-state index in [0.29, 0.717) is 18.7 Å². The molecule has 0 unspecified atom stereocenters. The van der Waals surface area contributed by atoms with E-state index < -0.39 is 10.0 Å². The summed E-state index contributed by atoms with van der Waals surface area (Å²) in [7, 11) is -3.84. The van der Waals surface area contributed by atoms with Crippen molar-refractivity contribution in [2.24, 2.45) is 0 Å². The molecule has 1 atom stereocenters. The Balaban J connectivity index is 1.93. The number of aryl methyl sites for hydroxylation is 3. The second kappa shape index (κ2) is 9.94. The Kier molecular flexibility index (Phi) is 7.51. The smallest absolute Gasteiger partial charge is 0.243 e. The maximum absolute atomic E-state index is 13.7. The molecule has 1 fully saturated rings. The van der Waals surface area contributed by atoms with E-state index in [9.17, 15) is 13.2 Å². The van der Waals surface area contributed by atoms with Crippen molar-refractivity contribution in [2.45, 2.75) is 38.5 Å². The first-order chi connectivity index (χ1) is 14.7. The molecule has 1 aliphatic rings. The minimum Gasteiger partial charge on any atom is -0.339 e. The number of hydrogen-bond acceptors (Lipinski definition) is 4. The molecule has 0 aromatic heterocycles. The summed E-state index contributed by atoms with van der Waals surface area (Å²) in [6, 6.07) is 13.5. The van der Waals surface area contributed by atoms with Gasteiger partial charge in [-0.3, -0.25) is 4.79 Å². The molecule has 1 amide bonds. The van der Waals surface area contributed by atoms with E-state index in [-0.39, 0.29) is 29.8 Å². The van der Waals surface area contributed by atoms with Crippen molar-refractivity contribution in [1.29, 1.82) is 0 Å². The van der Waals surface area contributed by atoms with Gasteiger partial charge in [0, 0.05) is 32.7 Å². The molecule has 6 nitrogen and oxygen atoms in total. The van der Waals surface area contributed by atoms with Crippen molar-refractivity contribution in [2.75, 3.05) is 39.3 Å². The Morgan fingerprint density at radius 3 is 2.29 bits per heavy atom. The molecule has 1 heterocycles. The van der Waals surface area contributed by atoms with Crippen molar-refractivity contribution in [3.63, 3.8) is 0 Å². The molecule has 168 valence electrons. The van der Waals surface area contributed by atoms with Gasteiger partial charge in [0.1, 0.15) is 0 Å².